The van der Waals surface area contributed by atoms with Crippen LogP contribution in [0.15, 0.2) is 18.2 Å². The second-order valence-electron chi connectivity index (χ2n) is 4.09. The van der Waals surface area contributed by atoms with Crippen LogP contribution in [-0.2, 0) is 9.84 Å². The highest BCUT2D eigenvalue weighted by Gasteiger charge is 2.11. The van der Waals surface area contributed by atoms with Gasteiger partial charge in [-0.2, -0.15) is 0 Å². The molecule has 1 aromatic rings. The van der Waals surface area contributed by atoms with E-state index in [0.29, 0.717) is 17.1 Å². The zero-order chi connectivity index (χ0) is 13.1. The fourth-order valence-corrected chi connectivity index (χ4v) is 2.55. The maximum atomic E-state index is 11.1. The molecular formula is C11H18N2O3S. The lowest BCUT2D eigenvalue weighted by Gasteiger charge is -2.16. The zero-order valence-electron chi connectivity index (χ0n) is 10.2. The third-order valence-electron chi connectivity index (χ3n) is 2.21. The van der Waals surface area contributed by atoms with Crippen molar-refractivity contribution in [3.05, 3.63) is 18.2 Å². The van der Waals surface area contributed by atoms with Crippen LogP contribution in [0.1, 0.15) is 6.92 Å². The van der Waals surface area contributed by atoms with Gasteiger partial charge in [-0.15, -0.1) is 0 Å². The van der Waals surface area contributed by atoms with Crippen LogP contribution in [0.4, 0.5) is 11.4 Å². The molecule has 1 aromatic carbocycles. The Morgan fingerprint density at radius 2 is 2.12 bits per heavy atom. The molecule has 1 rings (SSSR count). The van der Waals surface area contributed by atoms with Crippen LogP contribution < -0.4 is 15.8 Å². The number of hydrogen-bond donors (Lipinski definition) is 2. The summed E-state index contributed by atoms with van der Waals surface area (Å²) >= 11 is 0. The second-order valence-corrected chi connectivity index (χ2v) is 6.28. The number of anilines is 2. The van der Waals surface area contributed by atoms with Crippen molar-refractivity contribution >= 4 is 21.2 Å². The van der Waals surface area contributed by atoms with E-state index in [-0.39, 0.29) is 11.8 Å². The SMILES string of the molecule is COc1ccc(NC(C)CS(C)(=O)=O)c(N)c1. The normalized spacial score (nSPS) is 13.1. The van der Waals surface area contributed by atoms with Gasteiger partial charge in [-0.25, -0.2) is 8.42 Å². The molecule has 0 aliphatic carbocycles. The van der Waals surface area contributed by atoms with Gasteiger partial charge in [-0.3, -0.25) is 0 Å². The average Bonchev–Trinajstić information content (AvgIpc) is 2.18. The highest BCUT2D eigenvalue weighted by atomic mass is 32.2. The standard InChI is InChI=1S/C11H18N2O3S/c1-8(7-17(3,14)15)13-11-5-4-9(16-2)6-10(11)12/h4-6,8,13H,7,12H2,1-3H3. The van der Waals surface area contributed by atoms with Gasteiger partial charge >= 0.3 is 0 Å². The molecule has 5 nitrogen and oxygen atoms in total. The molecule has 0 saturated heterocycles. The first-order valence-electron chi connectivity index (χ1n) is 5.19. The number of sulfone groups is 1. The first kappa shape index (κ1) is 13.6. The zero-order valence-corrected chi connectivity index (χ0v) is 11.0. The Bertz CT molecular complexity index is 485. The number of ether oxygens (including phenoxy) is 1. The molecule has 0 spiro atoms. The predicted octanol–water partition coefficient (Wildman–Crippen LogP) is 1.12. The van der Waals surface area contributed by atoms with Crippen molar-refractivity contribution in [3.8, 4) is 5.75 Å². The van der Waals surface area contributed by atoms with Crippen LogP contribution in [0, 0.1) is 0 Å². The lowest BCUT2D eigenvalue weighted by atomic mass is 10.2. The summed E-state index contributed by atoms with van der Waals surface area (Å²) in [5.41, 5.74) is 7.06. The maximum Gasteiger partial charge on any atom is 0.149 e. The number of hydrogen-bond acceptors (Lipinski definition) is 5. The fourth-order valence-electron chi connectivity index (χ4n) is 1.56. The van der Waals surface area contributed by atoms with E-state index >= 15 is 0 Å². The van der Waals surface area contributed by atoms with Gasteiger partial charge in [0.05, 0.1) is 24.2 Å². The molecular weight excluding hydrogens is 240 g/mol. The van der Waals surface area contributed by atoms with E-state index in [2.05, 4.69) is 5.32 Å². The quantitative estimate of drug-likeness (QED) is 0.774. The van der Waals surface area contributed by atoms with E-state index < -0.39 is 9.84 Å². The number of methoxy groups -OCH3 is 1. The molecule has 0 amide bonds. The van der Waals surface area contributed by atoms with Gasteiger partial charge in [0.25, 0.3) is 0 Å². The van der Waals surface area contributed by atoms with Gasteiger partial charge in [0.2, 0.25) is 0 Å². The van der Waals surface area contributed by atoms with E-state index in [0.717, 1.165) is 0 Å². The molecule has 17 heavy (non-hydrogen) atoms. The summed E-state index contributed by atoms with van der Waals surface area (Å²) in [7, 11) is -1.43. The Hall–Kier alpha value is -1.43. The molecule has 0 saturated carbocycles. The second kappa shape index (κ2) is 5.27. The molecule has 0 aliphatic heterocycles. The number of nitrogens with two attached hydrogens (primary N) is 1. The minimum absolute atomic E-state index is 0.0679. The number of benzene rings is 1. The summed E-state index contributed by atoms with van der Waals surface area (Å²) < 4.78 is 27.3. The van der Waals surface area contributed by atoms with Crippen molar-refractivity contribution < 1.29 is 13.2 Å². The highest BCUT2D eigenvalue weighted by molar-refractivity contribution is 7.90. The number of nitrogens with one attached hydrogen (secondary N) is 1. The third kappa shape index (κ3) is 4.52. The summed E-state index contributed by atoms with van der Waals surface area (Å²) in [4.78, 5) is 0. The van der Waals surface area contributed by atoms with Gasteiger partial charge in [0.1, 0.15) is 15.6 Å². The van der Waals surface area contributed by atoms with Crippen molar-refractivity contribution in [2.75, 3.05) is 30.2 Å². The van der Waals surface area contributed by atoms with Gasteiger partial charge in [0.15, 0.2) is 0 Å². The fraction of sp³-hybridized carbons (Fsp3) is 0.455. The summed E-state index contributed by atoms with van der Waals surface area (Å²) in [6.45, 7) is 1.80. The largest absolute Gasteiger partial charge is 0.497 e. The van der Waals surface area contributed by atoms with Crippen LogP contribution in [0.2, 0.25) is 0 Å². The molecule has 1 unspecified atom stereocenters. The average molecular weight is 258 g/mol. The van der Waals surface area contributed by atoms with Gasteiger partial charge in [0, 0.05) is 18.4 Å². The van der Waals surface area contributed by atoms with E-state index in [1.54, 1.807) is 32.2 Å². The molecule has 0 aliphatic rings. The first-order chi connectivity index (χ1) is 7.81. The number of rotatable bonds is 5. The third-order valence-corrected chi connectivity index (χ3v) is 3.32. The molecule has 0 heterocycles. The summed E-state index contributed by atoms with van der Waals surface area (Å²) in [5, 5.41) is 3.06. The summed E-state index contributed by atoms with van der Waals surface area (Å²) in [5.74, 6) is 0.738. The van der Waals surface area contributed by atoms with Gasteiger partial charge in [-0.1, -0.05) is 0 Å². The Morgan fingerprint density at radius 3 is 2.59 bits per heavy atom. The Kier molecular flexibility index (Phi) is 4.22. The van der Waals surface area contributed by atoms with E-state index in [9.17, 15) is 8.42 Å². The van der Waals surface area contributed by atoms with E-state index in [1.165, 1.54) is 6.26 Å². The monoisotopic (exact) mass is 258 g/mol. The topological polar surface area (TPSA) is 81.4 Å². The summed E-state index contributed by atoms with van der Waals surface area (Å²) in [6, 6.07) is 5.04. The molecule has 1 atom stereocenters. The van der Waals surface area contributed by atoms with E-state index in [4.69, 9.17) is 10.5 Å². The van der Waals surface area contributed by atoms with Crippen LogP contribution in [0.3, 0.4) is 0 Å². The van der Waals surface area contributed by atoms with Crippen molar-refractivity contribution in [1.82, 2.24) is 0 Å². The van der Waals surface area contributed by atoms with Gasteiger partial charge in [-0.05, 0) is 19.1 Å². The minimum Gasteiger partial charge on any atom is -0.497 e. The lowest BCUT2D eigenvalue weighted by molar-refractivity contribution is 0.415. The highest BCUT2D eigenvalue weighted by Crippen LogP contribution is 2.24. The van der Waals surface area contributed by atoms with Crippen LogP contribution in [0.5, 0.6) is 5.75 Å². The van der Waals surface area contributed by atoms with Crippen molar-refractivity contribution in [2.24, 2.45) is 0 Å². The molecule has 0 radical (unpaired) electrons. The molecule has 96 valence electrons. The van der Waals surface area contributed by atoms with Crippen LogP contribution in [0.25, 0.3) is 0 Å². The Balaban J connectivity index is 2.75. The van der Waals surface area contributed by atoms with Gasteiger partial charge < -0.3 is 15.8 Å². The smallest absolute Gasteiger partial charge is 0.149 e. The molecule has 0 aromatic heterocycles. The Labute approximate surface area is 102 Å². The predicted molar refractivity (Wildman–Crippen MR) is 70.2 cm³/mol. The molecule has 3 N–H and O–H groups in total. The van der Waals surface area contributed by atoms with Crippen LogP contribution in [-0.4, -0.2) is 33.6 Å². The molecule has 0 fully saturated rings. The van der Waals surface area contributed by atoms with Crippen LogP contribution >= 0.6 is 0 Å². The number of nitrogen functional groups attached to an aromatic ring is 1. The van der Waals surface area contributed by atoms with Crippen molar-refractivity contribution in [1.29, 1.82) is 0 Å². The molecule has 0 bridgehead atoms. The van der Waals surface area contributed by atoms with Crippen molar-refractivity contribution in [2.45, 2.75) is 13.0 Å². The summed E-state index contributed by atoms with van der Waals surface area (Å²) in [6.07, 6.45) is 1.21. The lowest BCUT2D eigenvalue weighted by Crippen LogP contribution is -2.25. The maximum absolute atomic E-state index is 11.1. The van der Waals surface area contributed by atoms with E-state index in [1.807, 2.05) is 0 Å². The molecule has 6 heteroatoms. The first-order valence-corrected chi connectivity index (χ1v) is 7.25. The Morgan fingerprint density at radius 1 is 1.47 bits per heavy atom. The van der Waals surface area contributed by atoms with Crippen molar-refractivity contribution in [3.63, 3.8) is 0 Å². The minimum atomic E-state index is -3.00.